The minimum Gasteiger partial charge on any atom is -0.394 e. The quantitative estimate of drug-likeness (QED) is 0.0204. The van der Waals surface area contributed by atoms with Crippen molar-refractivity contribution < 1.29 is 64.6 Å². The van der Waals surface area contributed by atoms with E-state index >= 15 is 0 Å². The van der Waals surface area contributed by atoms with Crippen LogP contribution in [0.3, 0.4) is 0 Å². The molecule has 0 aromatic rings. The van der Waals surface area contributed by atoms with E-state index in [1.807, 2.05) is 0 Å². The number of rotatable bonds is 61. The van der Waals surface area contributed by atoms with Crippen molar-refractivity contribution in [1.82, 2.24) is 5.32 Å². The third-order valence-corrected chi connectivity index (χ3v) is 17.9. The van der Waals surface area contributed by atoms with Crippen LogP contribution < -0.4 is 5.32 Å². The van der Waals surface area contributed by atoms with Crippen LogP contribution in [0.2, 0.25) is 0 Å². The number of allylic oxidation sites excluding steroid dienone is 12. The fourth-order valence-corrected chi connectivity index (χ4v) is 12.1. The molecule has 524 valence electrons. The summed E-state index contributed by atoms with van der Waals surface area (Å²) in [6.07, 6.45) is 65.1. The molecule has 0 aromatic heterocycles. The minimum atomic E-state index is -1.78. The average molecular weight is 1270 g/mol. The van der Waals surface area contributed by atoms with E-state index in [1.54, 1.807) is 0 Å². The van der Waals surface area contributed by atoms with Gasteiger partial charge in [0.25, 0.3) is 0 Å². The number of hydrogen-bond donors (Lipinski definition) is 9. The van der Waals surface area contributed by atoms with E-state index in [4.69, 9.17) is 18.9 Å². The summed E-state index contributed by atoms with van der Waals surface area (Å²) in [6.45, 7) is 2.77. The second kappa shape index (κ2) is 60.1. The molecule has 14 heteroatoms. The first-order chi connectivity index (χ1) is 44.1. The molecule has 2 rings (SSSR count). The van der Waals surface area contributed by atoms with Gasteiger partial charge in [-0.3, -0.25) is 4.79 Å². The fourth-order valence-electron chi connectivity index (χ4n) is 12.1. The normalized spacial score (nSPS) is 23.3. The van der Waals surface area contributed by atoms with Crippen LogP contribution in [0.25, 0.3) is 0 Å². The summed E-state index contributed by atoms with van der Waals surface area (Å²) in [6, 6.07) is -0.829. The van der Waals surface area contributed by atoms with Crippen LogP contribution in [0, 0.1) is 0 Å². The van der Waals surface area contributed by atoms with Crippen molar-refractivity contribution in [3.8, 4) is 0 Å². The molecule has 9 N–H and O–H groups in total. The number of amides is 1. The summed E-state index contributed by atoms with van der Waals surface area (Å²) >= 11 is 0. The Morgan fingerprint density at radius 3 is 1.18 bits per heavy atom. The zero-order valence-electron chi connectivity index (χ0n) is 57.1. The lowest BCUT2D eigenvalue weighted by atomic mass is 9.97. The standard InChI is InChI=1S/C76H137NO13/c1-3-5-7-9-11-13-15-17-19-20-21-22-23-24-25-26-27-28-29-30-31-32-33-34-35-36-37-38-39-40-41-42-43-44-46-48-50-52-54-56-58-60-68(81)77-64(65(80)59-57-55-53-51-49-47-45-18-16-14-12-10-8-6-4-2)63-87-75-73(86)71(84)74(67(62-79)89-75)90-76-72(85)70(83)69(82)66(61-78)88-76/h5,7,11,13,17,19,21-22,24-25,27-28,64-67,69-76,78-80,82-86H,3-4,6,8-10,12,14-16,18,20,23,26,29-63H2,1-2H3,(H,77,81)/b7-5-,13-11-,19-17-,22-21-,25-24-,28-27-. The molecule has 0 aliphatic carbocycles. The maximum atomic E-state index is 13.3. The molecule has 14 nitrogen and oxygen atoms in total. The summed E-state index contributed by atoms with van der Waals surface area (Å²) < 4.78 is 22.9. The third-order valence-electron chi connectivity index (χ3n) is 17.9. The molecule has 2 heterocycles. The van der Waals surface area contributed by atoms with Gasteiger partial charge in [0.2, 0.25) is 5.91 Å². The maximum absolute atomic E-state index is 13.3. The van der Waals surface area contributed by atoms with Crippen molar-refractivity contribution in [2.75, 3.05) is 19.8 Å². The van der Waals surface area contributed by atoms with Crippen molar-refractivity contribution in [2.45, 2.75) is 383 Å². The molecule has 0 radical (unpaired) electrons. The van der Waals surface area contributed by atoms with Gasteiger partial charge in [-0.25, -0.2) is 0 Å². The van der Waals surface area contributed by atoms with Gasteiger partial charge in [0.15, 0.2) is 12.6 Å². The second-order valence-electron chi connectivity index (χ2n) is 26.0. The van der Waals surface area contributed by atoms with Gasteiger partial charge in [0, 0.05) is 6.42 Å². The first-order valence-corrected chi connectivity index (χ1v) is 37.2. The smallest absolute Gasteiger partial charge is 0.220 e. The molecule has 0 saturated carbocycles. The predicted octanol–water partition coefficient (Wildman–Crippen LogP) is 15.8. The number of unbranched alkanes of at least 4 members (excludes halogenated alkanes) is 36. The van der Waals surface area contributed by atoms with Gasteiger partial charge in [-0.15, -0.1) is 0 Å². The number of aliphatic hydroxyl groups is 8. The summed E-state index contributed by atoms with van der Waals surface area (Å²) in [5.41, 5.74) is 0. The number of aliphatic hydroxyl groups excluding tert-OH is 8. The Balaban J connectivity index is 1.54. The Labute approximate surface area is 548 Å². The fraction of sp³-hybridized carbons (Fsp3) is 0.829. The molecule has 12 atom stereocenters. The highest BCUT2D eigenvalue weighted by Gasteiger charge is 2.51. The summed E-state index contributed by atoms with van der Waals surface area (Å²) in [4.78, 5) is 13.3. The summed E-state index contributed by atoms with van der Waals surface area (Å²) in [5, 5.41) is 87.5. The second-order valence-corrected chi connectivity index (χ2v) is 26.0. The molecule has 0 bridgehead atoms. The van der Waals surface area contributed by atoms with E-state index in [0.717, 1.165) is 89.9 Å². The van der Waals surface area contributed by atoms with Crippen molar-refractivity contribution in [3.63, 3.8) is 0 Å². The molecule has 2 aliphatic rings. The number of hydrogen-bond acceptors (Lipinski definition) is 13. The molecule has 12 unspecified atom stereocenters. The highest BCUT2D eigenvalue weighted by Crippen LogP contribution is 2.30. The van der Waals surface area contributed by atoms with E-state index in [0.29, 0.717) is 12.8 Å². The zero-order valence-corrected chi connectivity index (χ0v) is 57.1. The number of ether oxygens (including phenoxy) is 4. The lowest BCUT2D eigenvalue weighted by Crippen LogP contribution is -2.65. The minimum absolute atomic E-state index is 0.203. The molecule has 2 aliphatic heterocycles. The van der Waals surface area contributed by atoms with E-state index in [9.17, 15) is 45.6 Å². The van der Waals surface area contributed by atoms with Gasteiger partial charge >= 0.3 is 0 Å². The molecule has 0 aromatic carbocycles. The molecule has 90 heavy (non-hydrogen) atoms. The predicted molar refractivity (Wildman–Crippen MR) is 369 cm³/mol. The topological polar surface area (TPSA) is 228 Å². The first kappa shape index (κ1) is 83.5. The van der Waals surface area contributed by atoms with Crippen molar-refractivity contribution in [2.24, 2.45) is 0 Å². The average Bonchev–Trinajstić information content (AvgIpc) is 1.58. The Kier molecular flexibility index (Phi) is 55.8. The van der Waals surface area contributed by atoms with Gasteiger partial charge in [0.05, 0.1) is 32.0 Å². The van der Waals surface area contributed by atoms with E-state index in [1.165, 1.54) is 193 Å². The monoisotopic (exact) mass is 1270 g/mol. The van der Waals surface area contributed by atoms with Crippen molar-refractivity contribution >= 4 is 5.91 Å². The van der Waals surface area contributed by atoms with Gasteiger partial charge in [-0.05, 0) is 64.2 Å². The number of carbonyl (C=O) groups excluding carboxylic acids is 1. The Morgan fingerprint density at radius 2 is 0.767 bits per heavy atom. The Hall–Kier alpha value is -2.57. The van der Waals surface area contributed by atoms with Crippen LogP contribution in [-0.4, -0.2) is 140 Å². The molecule has 2 fully saturated rings. The van der Waals surface area contributed by atoms with Crippen LogP contribution in [0.1, 0.15) is 309 Å². The van der Waals surface area contributed by atoms with Gasteiger partial charge in [-0.1, -0.05) is 311 Å². The lowest BCUT2D eigenvalue weighted by molar-refractivity contribution is -0.359. The Morgan fingerprint density at radius 1 is 0.411 bits per heavy atom. The van der Waals surface area contributed by atoms with Gasteiger partial charge in [0.1, 0.15) is 48.8 Å². The van der Waals surface area contributed by atoms with E-state index in [2.05, 4.69) is 92.1 Å². The van der Waals surface area contributed by atoms with Crippen LogP contribution in [0.15, 0.2) is 72.9 Å². The highest BCUT2D eigenvalue weighted by molar-refractivity contribution is 5.76. The number of nitrogens with one attached hydrogen (secondary N) is 1. The van der Waals surface area contributed by atoms with Gasteiger partial charge in [-0.2, -0.15) is 0 Å². The SMILES string of the molecule is CC/C=C\C/C=C\C/C=C\C/C=C\C/C=C\C/C=C\CCCCCCCCCCCCCCCCCCCCCCCCC(=O)NC(COC1OC(CO)C(OC2OC(CO)C(O)C(O)C2O)C(O)C1O)C(O)CCCCCCCCCCCCCCCCC. The largest absolute Gasteiger partial charge is 0.394 e. The lowest BCUT2D eigenvalue weighted by Gasteiger charge is -2.46. The van der Waals surface area contributed by atoms with E-state index in [-0.39, 0.29) is 12.5 Å². The first-order valence-electron chi connectivity index (χ1n) is 37.2. The van der Waals surface area contributed by atoms with Crippen LogP contribution in [0.5, 0.6) is 0 Å². The summed E-state index contributed by atoms with van der Waals surface area (Å²) in [7, 11) is 0. The molecular weight excluding hydrogens is 1130 g/mol. The molecular formula is C76H137NO13. The molecule has 0 spiro atoms. The molecule has 1 amide bonds. The maximum Gasteiger partial charge on any atom is 0.220 e. The van der Waals surface area contributed by atoms with Crippen LogP contribution in [-0.2, 0) is 23.7 Å². The van der Waals surface area contributed by atoms with Crippen LogP contribution in [0.4, 0.5) is 0 Å². The summed E-state index contributed by atoms with van der Waals surface area (Å²) in [5.74, 6) is -0.203. The van der Waals surface area contributed by atoms with Crippen molar-refractivity contribution in [1.29, 1.82) is 0 Å². The third kappa shape index (κ3) is 43.4. The number of carbonyl (C=O) groups is 1. The van der Waals surface area contributed by atoms with E-state index < -0.39 is 86.8 Å². The zero-order chi connectivity index (χ0) is 65.2. The van der Waals surface area contributed by atoms with Gasteiger partial charge < -0.3 is 65.1 Å². The Bertz CT molecular complexity index is 1790. The highest BCUT2D eigenvalue weighted by atomic mass is 16.7. The van der Waals surface area contributed by atoms with Crippen molar-refractivity contribution in [3.05, 3.63) is 72.9 Å². The molecule has 2 saturated heterocycles. The van der Waals surface area contributed by atoms with Crippen LogP contribution >= 0.6 is 0 Å².